The maximum Gasteiger partial charge on any atom is 0.0722 e. The summed E-state index contributed by atoms with van der Waals surface area (Å²) in [4.78, 5) is 9.57. The number of allylic oxidation sites excluding steroid dienone is 3. The zero-order valence-electron chi connectivity index (χ0n) is 8.08. The zero-order valence-corrected chi connectivity index (χ0v) is 8.08. The predicted octanol–water partition coefficient (Wildman–Crippen LogP) is 2.51. The van der Waals surface area contributed by atoms with Crippen molar-refractivity contribution in [2.75, 3.05) is 0 Å². The number of hydrogen-bond donors (Lipinski definition) is 1. The van der Waals surface area contributed by atoms with Crippen LogP contribution in [0, 0.1) is 4.91 Å². The van der Waals surface area contributed by atoms with Gasteiger partial charge in [0.2, 0.25) is 0 Å². The van der Waals surface area contributed by atoms with Crippen LogP contribution in [0.1, 0.15) is 5.56 Å². The Labute approximate surface area is 88.0 Å². The monoisotopic (exact) mass is 201 g/mol. The fourth-order valence-corrected chi connectivity index (χ4v) is 0.945. The molecule has 0 aliphatic heterocycles. The Bertz CT molecular complexity index is 369. The summed E-state index contributed by atoms with van der Waals surface area (Å²) in [6, 6.07) is 9.94. The van der Waals surface area contributed by atoms with E-state index in [0.717, 1.165) is 5.56 Å². The molecule has 0 amide bonds. The van der Waals surface area contributed by atoms with Crippen LogP contribution in [-0.2, 0) is 0 Å². The number of hydrogen-bond acceptors (Lipinski definition) is 3. The van der Waals surface area contributed by atoms with Gasteiger partial charge in [0, 0.05) is 6.21 Å². The lowest BCUT2D eigenvalue weighted by molar-refractivity contribution is 0.804. The van der Waals surface area contributed by atoms with Gasteiger partial charge in [0.05, 0.1) is 5.29 Å². The smallest absolute Gasteiger partial charge is 0.0722 e. The van der Waals surface area contributed by atoms with E-state index in [0.29, 0.717) is 0 Å². The van der Waals surface area contributed by atoms with Gasteiger partial charge in [-0.1, -0.05) is 48.6 Å². The maximum absolute atomic E-state index is 9.57. The number of benzene rings is 1. The SMILES string of the molecule is O=NN/N=C/C=C/C=C/c1ccccc1. The molecule has 0 heterocycles. The normalized spacial score (nSPS) is 11.5. The van der Waals surface area contributed by atoms with E-state index in [9.17, 15) is 4.91 Å². The maximum atomic E-state index is 9.57. The lowest BCUT2D eigenvalue weighted by atomic mass is 10.2. The molecule has 1 rings (SSSR count). The number of nitrogens with zero attached hydrogens (tertiary/aromatic N) is 2. The summed E-state index contributed by atoms with van der Waals surface area (Å²) >= 11 is 0. The lowest BCUT2D eigenvalue weighted by Crippen LogP contribution is -1.89. The van der Waals surface area contributed by atoms with E-state index in [1.165, 1.54) is 6.21 Å². The molecule has 0 saturated carbocycles. The van der Waals surface area contributed by atoms with E-state index in [1.54, 1.807) is 6.08 Å². The minimum Gasteiger partial charge on any atom is -0.164 e. The van der Waals surface area contributed by atoms with Gasteiger partial charge in [-0.2, -0.15) is 10.6 Å². The second-order valence-electron chi connectivity index (χ2n) is 2.62. The molecule has 0 radical (unpaired) electrons. The Kier molecular flexibility index (Phi) is 5.21. The average Bonchev–Trinajstić information content (AvgIpc) is 2.29. The van der Waals surface area contributed by atoms with Crippen LogP contribution in [0.2, 0.25) is 0 Å². The van der Waals surface area contributed by atoms with Gasteiger partial charge >= 0.3 is 0 Å². The van der Waals surface area contributed by atoms with Crippen LogP contribution in [0.4, 0.5) is 0 Å². The summed E-state index contributed by atoms with van der Waals surface area (Å²) in [7, 11) is 0. The van der Waals surface area contributed by atoms with Crippen molar-refractivity contribution in [2.24, 2.45) is 10.4 Å². The van der Waals surface area contributed by atoms with Crippen molar-refractivity contribution in [1.82, 2.24) is 5.53 Å². The highest BCUT2D eigenvalue weighted by Crippen LogP contribution is 2.00. The van der Waals surface area contributed by atoms with Crippen molar-refractivity contribution in [3.63, 3.8) is 0 Å². The van der Waals surface area contributed by atoms with Crippen molar-refractivity contribution in [3.05, 3.63) is 59.0 Å². The second-order valence-corrected chi connectivity index (χ2v) is 2.62. The molecule has 0 aromatic heterocycles. The largest absolute Gasteiger partial charge is 0.164 e. The summed E-state index contributed by atoms with van der Waals surface area (Å²) in [6.45, 7) is 0. The lowest BCUT2D eigenvalue weighted by Gasteiger charge is -1.87. The van der Waals surface area contributed by atoms with Gasteiger partial charge in [-0.25, -0.2) is 0 Å². The number of nitrogens with one attached hydrogen (secondary N) is 1. The molecule has 4 heteroatoms. The summed E-state index contributed by atoms with van der Waals surface area (Å²) < 4.78 is 0. The Balaban J connectivity index is 2.37. The van der Waals surface area contributed by atoms with Crippen molar-refractivity contribution in [2.45, 2.75) is 0 Å². The first-order chi connectivity index (χ1) is 7.43. The van der Waals surface area contributed by atoms with E-state index in [1.807, 2.05) is 54.1 Å². The van der Waals surface area contributed by atoms with E-state index < -0.39 is 0 Å². The minimum atomic E-state index is 1.13. The molecule has 0 aliphatic rings. The van der Waals surface area contributed by atoms with Crippen LogP contribution in [-0.4, -0.2) is 6.21 Å². The van der Waals surface area contributed by atoms with E-state index >= 15 is 0 Å². The molecular formula is C11H11N3O. The third-order valence-corrected chi connectivity index (χ3v) is 1.57. The van der Waals surface area contributed by atoms with Crippen molar-refractivity contribution >= 4 is 12.3 Å². The molecule has 76 valence electrons. The molecule has 1 aromatic carbocycles. The highest BCUT2D eigenvalue weighted by molar-refractivity contribution is 5.71. The standard InChI is InChI=1S/C11H11N3O/c15-14-13-12-10-6-2-5-9-11-7-3-1-4-8-11/h1-10H,(H,13,15)/b6-2+,9-5+,12-10+. The number of hydrazone groups is 1. The van der Waals surface area contributed by atoms with Gasteiger partial charge in [-0.05, 0) is 11.6 Å². The molecule has 0 atom stereocenters. The first-order valence-electron chi connectivity index (χ1n) is 4.42. The summed E-state index contributed by atoms with van der Waals surface area (Å²) in [5.41, 5.74) is 3.05. The molecule has 1 N–H and O–H groups in total. The first kappa shape index (κ1) is 10.8. The van der Waals surface area contributed by atoms with E-state index in [-0.39, 0.29) is 0 Å². The Morgan fingerprint density at radius 2 is 1.87 bits per heavy atom. The van der Waals surface area contributed by atoms with Crippen LogP contribution >= 0.6 is 0 Å². The highest BCUT2D eigenvalue weighted by Gasteiger charge is 1.79. The molecule has 15 heavy (non-hydrogen) atoms. The van der Waals surface area contributed by atoms with Crippen LogP contribution in [0.25, 0.3) is 6.08 Å². The van der Waals surface area contributed by atoms with Gasteiger partial charge in [-0.3, -0.25) is 0 Å². The Morgan fingerprint density at radius 3 is 2.60 bits per heavy atom. The fourth-order valence-electron chi connectivity index (χ4n) is 0.945. The van der Waals surface area contributed by atoms with Gasteiger partial charge in [0.1, 0.15) is 0 Å². The average molecular weight is 201 g/mol. The second kappa shape index (κ2) is 7.20. The molecule has 4 nitrogen and oxygen atoms in total. The van der Waals surface area contributed by atoms with Crippen LogP contribution < -0.4 is 5.53 Å². The predicted molar refractivity (Wildman–Crippen MR) is 62.0 cm³/mol. The van der Waals surface area contributed by atoms with Crippen molar-refractivity contribution in [1.29, 1.82) is 0 Å². The van der Waals surface area contributed by atoms with Gasteiger partial charge in [-0.15, -0.1) is 4.91 Å². The summed E-state index contributed by atoms with van der Waals surface area (Å²) in [5.74, 6) is 0. The van der Waals surface area contributed by atoms with Gasteiger partial charge in [0.15, 0.2) is 0 Å². The van der Waals surface area contributed by atoms with E-state index in [4.69, 9.17) is 0 Å². The highest BCUT2D eigenvalue weighted by atomic mass is 16.3. The van der Waals surface area contributed by atoms with Crippen molar-refractivity contribution < 1.29 is 0 Å². The fraction of sp³-hybridized carbons (Fsp3) is 0. The first-order valence-corrected chi connectivity index (χ1v) is 4.42. The van der Waals surface area contributed by atoms with Crippen LogP contribution in [0.15, 0.2) is 58.9 Å². The minimum absolute atomic E-state index is 1.13. The quantitative estimate of drug-likeness (QED) is 0.344. The Hall–Kier alpha value is -2.23. The molecule has 0 bridgehead atoms. The zero-order chi connectivity index (χ0) is 10.8. The third kappa shape index (κ3) is 5.15. The molecule has 0 unspecified atom stereocenters. The topological polar surface area (TPSA) is 53.8 Å². The third-order valence-electron chi connectivity index (χ3n) is 1.57. The molecule has 0 saturated heterocycles. The number of nitroso groups, excluding NO2 is 1. The molecule has 0 spiro atoms. The summed E-state index contributed by atoms with van der Waals surface area (Å²) in [6.07, 6.45) is 8.79. The molecular weight excluding hydrogens is 190 g/mol. The molecule has 0 fully saturated rings. The van der Waals surface area contributed by atoms with Gasteiger partial charge < -0.3 is 0 Å². The van der Waals surface area contributed by atoms with Crippen molar-refractivity contribution in [3.8, 4) is 0 Å². The van der Waals surface area contributed by atoms with Gasteiger partial charge in [0.25, 0.3) is 0 Å². The van der Waals surface area contributed by atoms with Crippen LogP contribution in [0.3, 0.4) is 0 Å². The molecule has 0 aliphatic carbocycles. The molecule has 1 aromatic rings. The van der Waals surface area contributed by atoms with E-state index in [2.05, 4.69) is 10.4 Å². The van der Waals surface area contributed by atoms with Crippen LogP contribution in [0.5, 0.6) is 0 Å². The Morgan fingerprint density at radius 1 is 1.07 bits per heavy atom. The summed E-state index contributed by atoms with van der Waals surface area (Å²) in [5, 5.41) is 5.81. The number of rotatable bonds is 5.